The van der Waals surface area contributed by atoms with Gasteiger partial charge in [-0.25, -0.2) is 0 Å². The number of rotatable bonds is 6. The van der Waals surface area contributed by atoms with E-state index < -0.39 is 0 Å². The lowest BCUT2D eigenvalue weighted by Gasteiger charge is -2.39. The van der Waals surface area contributed by atoms with Crippen LogP contribution in [0.5, 0.6) is 0 Å². The Bertz CT molecular complexity index is 445. The van der Waals surface area contributed by atoms with E-state index >= 15 is 0 Å². The molecule has 0 atom stereocenters. The van der Waals surface area contributed by atoms with Crippen LogP contribution in [0.25, 0.3) is 0 Å². The van der Waals surface area contributed by atoms with Crippen LogP contribution in [0.15, 0.2) is 30.3 Å². The van der Waals surface area contributed by atoms with Gasteiger partial charge in [-0.05, 0) is 25.7 Å². The van der Waals surface area contributed by atoms with Crippen molar-refractivity contribution in [2.24, 2.45) is 5.41 Å². The minimum absolute atomic E-state index is 0.00242. The van der Waals surface area contributed by atoms with Crippen molar-refractivity contribution in [2.45, 2.75) is 65.5 Å². The molecule has 0 aromatic heterocycles. The quantitative estimate of drug-likeness (QED) is 0.761. The van der Waals surface area contributed by atoms with E-state index in [1.54, 1.807) is 0 Å². The maximum Gasteiger partial charge on any atom is 0.184 e. The van der Waals surface area contributed by atoms with Gasteiger partial charge >= 0.3 is 0 Å². The van der Waals surface area contributed by atoms with E-state index in [0.29, 0.717) is 13.2 Å². The van der Waals surface area contributed by atoms with E-state index in [1.807, 2.05) is 30.3 Å². The highest BCUT2D eigenvalue weighted by atomic mass is 16.7. The molecule has 0 bridgehead atoms. The number of hydrogen-bond acceptors (Lipinski definition) is 3. The molecule has 0 saturated carbocycles. The summed E-state index contributed by atoms with van der Waals surface area (Å²) in [5.41, 5.74) is 1.18. The van der Waals surface area contributed by atoms with Gasteiger partial charge in [0.05, 0.1) is 18.8 Å². The molecular formula is C19H30O3. The van der Waals surface area contributed by atoms with Crippen molar-refractivity contribution in [2.75, 3.05) is 13.2 Å². The molecule has 3 heteroatoms. The Morgan fingerprint density at radius 3 is 2.18 bits per heavy atom. The summed E-state index contributed by atoms with van der Waals surface area (Å²) in [6.45, 7) is 12.3. The Labute approximate surface area is 135 Å². The molecular weight excluding hydrogens is 276 g/mol. The van der Waals surface area contributed by atoms with Crippen LogP contribution < -0.4 is 0 Å². The fourth-order valence-corrected chi connectivity index (χ4v) is 3.13. The fraction of sp³-hybridized carbons (Fsp3) is 0.684. The average molecular weight is 306 g/mol. The monoisotopic (exact) mass is 306 g/mol. The summed E-state index contributed by atoms with van der Waals surface area (Å²) in [5.74, 6) is 0. The van der Waals surface area contributed by atoms with Crippen LogP contribution in [0.3, 0.4) is 0 Å². The first kappa shape index (κ1) is 17.5. The van der Waals surface area contributed by atoms with E-state index in [0.717, 1.165) is 18.4 Å². The maximum absolute atomic E-state index is 6.25. The molecule has 1 saturated heterocycles. The largest absolute Gasteiger partial charge is 0.368 e. The maximum atomic E-state index is 6.25. The summed E-state index contributed by atoms with van der Waals surface area (Å²) in [5, 5.41) is 0. The topological polar surface area (TPSA) is 27.7 Å². The van der Waals surface area contributed by atoms with E-state index in [-0.39, 0.29) is 23.4 Å². The lowest BCUT2D eigenvalue weighted by molar-refractivity contribution is -0.251. The highest BCUT2D eigenvalue weighted by Crippen LogP contribution is 2.34. The number of benzene rings is 1. The van der Waals surface area contributed by atoms with E-state index in [4.69, 9.17) is 14.2 Å². The van der Waals surface area contributed by atoms with Crippen molar-refractivity contribution in [1.82, 2.24) is 0 Å². The third-order valence-corrected chi connectivity index (χ3v) is 4.29. The standard InChI is InChI=1S/C19H30O3/c1-6-18(2,3)14-19(4,5)22-16-12-20-17(21-13-16)15-10-8-7-9-11-15/h7-11,16-17H,6,12-14H2,1-5H3. The summed E-state index contributed by atoms with van der Waals surface area (Å²) in [4.78, 5) is 0. The molecule has 22 heavy (non-hydrogen) atoms. The van der Waals surface area contributed by atoms with Gasteiger partial charge in [0.2, 0.25) is 0 Å². The summed E-state index contributed by atoms with van der Waals surface area (Å²) in [6, 6.07) is 10.1. The molecule has 3 nitrogen and oxygen atoms in total. The highest BCUT2D eigenvalue weighted by molar-refractivity contribution is 5.16. The van der Waals surface area contributed by atoms with Gasteiger partial charge in [0.1, 0.15) is 6.10 Å². The number of hydrogen-bond donors (Lipinski definition) is 0. The summed E-state index contributed by atoms with van der Waals surface area (Å²) in [7, 11) is 0. The van der Waals surface area contributed by atoms with E-state index in [1.165, 1.54) is 0 Å². The van der Waals surface area contributed by atoms with Gasteiger partial charge in [-0.3, -0.25) is 0 Å². The second kappa shape index (κ2) is 7.12. The Kier molecular flexibility index (Phi) is 5.65. The summed E-state index contributed by atoms with van der Waals surface area (Å²) in [6.07, 6.45) is 1.90. The first-order valence-electron chi connectivity index (χ1n) is 8.27. The van der Waals surface area contributed by atoms with Gasteiger partial charge in [0, 0.05) is 5.56 Å². The molecule has 124 valence electrons. The molecule has 1 aliphatic rings. The van der Waals surface area contributed by atoms with Gasteiger partial charge in [0.25, 0.3) is 0 Å². The van der Waals surface area contributed by atoms with Crippen LogP contribution in [-0.2, 0) is 14.2 Å². The highest BCUT2D eigenvalue weighted by Gasteiger charge is 2.33. The third-order valence-electron chi connectivity index (χ3n) is 4.29. The van der Waals surface area contributed by atoms with Crippen molar-refractivity contribution >= 4 is 0 Å². The Hall–Kier alpha value is -0.900. The third kappa shape index (κ3) is 5.08. The normalized spacial score (nSPS) is 23.5. The van der Waals surface area contributed by atoms with Gasteiger partial charge in [-0.15, -0.1) is 0 Å². The van der Waals surface area contributed by atoms with Gasteiger partial charge in [-0.1, -0.05) is 57.5 Å². The van der Waals surface area contributed by atoms with Crippen molar-refractivity contribution in [1.29, 1.82) is 0 Å². The molecule has 0 aliphatic carbocycles. The van der Waals surface area contributed by atoms with Crippen molar-refractivity contribution in [3.05, 3.63) is 35.9 Å². The SMILES string of the molecule is CCC(C)(C)CC(C)(C)OC1COC(c2ccccc2)OC1. The van der Waals surface area contributed by atoms with Crippen LogP contribution in [0.4, 0.5) is 0 Å². The Morgan fingerprint density at radius 1 is 1.05 bits per heavy atom. The zero-order valence-corrected chi connectivity index (χ0v) is 14.6. The van der Waals surface area contributed by atoms with Crippen LogP contribution in [-0.4, -0.2) is 24.9 Å². The minimum atomic E-state index is -0.267. The van der Waals surface area contributed by atoms with Crippen LogP contribution in [0.2, 0.25) is 0 Å². The molecule has 0 spiro atoms. The van der Waals surface area contributed by atoms with Gasteiger partial charge in [-0.2, -0.15) is 0 Å². The van der Waals surface area contributed by atoms with Gasteiger partial charge in [0.15, 0.2) is 6.29 Å². The zero-order valence-electron chi connectivity index (χ0n) is 14.6. The van der Waals surface area contributed by atoms with Crippen molar-refractivity contribution in [3.63, 3.8) is 0 Å². The Balaban J connectivity index is 1.84. The molecule has 1 fully saturated rings. The molecule has 1 heterocycles. The van der Waals surface area contributed by atoms with E-state index in [2.05, 4.69) is 34.6 Å². The first-order valence-corrected chi connectivity index (χ1v) is 8.27. The lowest BCUT2D eigenvalue weighted by Crippen LogP contribution is -2.41. The molecule has 0 unspecified atom stereocenters. The average Bonchev–Trinajstić information content (AvgIpc) is 2.47. The molecule has 2 rings (SSSR count). The van der Waals surface area contributed by atoms with Crippen LogP contribution >= 0.6 is 0 Å². The van der Waals surface area contributed by atoms with Crippen LogP contribution in [0.1, 0.15) is 59.3 Å². The summed E-state index contributed by atoms with van der Waals surface area (Å²) >= 11 is 0. The molecule has 1 aromatic carbocycles. The molecule has 0 amide bonds. The summed E-state index contributed by atoms with van der Waals surface area (Å²) < 4.78 is 17.9. The molecule has 0 N–H and O–H groups in total. The second-order valence-electron chi connectivity index (χ2n) is 7.60. The minimum Gasteiger partial charge on any atom is -0.368 e. The number of ether oxygens (including phenoxy) is 3. The van der Waals surface area contributed by atoms with Crippen molar-refractivity contribution in [3.8, 4) is 0 Å². The van der Waals surface area contributed by atoms with Crippen LogP contribution in [0, 0.1) is 5.41 Å². The van der Waals surface area contributed by atoms with E-state index in [9.17, 15) is 0 Å². The first-order chi connectivity index (χ1) is 10.3. The predicted octanol–water partition coefficient (Wildman–Crippen LogP) is 4.72. The van der Waals surface area contributed by atoms with Gasteiger partial charge < -0.3 is 14.2 Å². The zero-order chi connectivity index (χ0) is 16.2. The fourth-order valence-electron chi connectivity index (χ4n) is 3.13. The Morgan fingerprint density at radius 2 is 1.64 bits per heavy atom. The molecule has 0 radical (unpaired) electrons. The smallest absolute Gasteiger partial charge is 0.184 e. The second-order valence-corrected chi connectivity index (χ2v) is 7.60. The predicted molar refractivity (Wildman–Crippen MR) is 88.7 cm³/mol. The molecule has 1 aliphatic heterocycles. The van der Waals surface area contributed by atoms with Crippen molar-refractivity contribution < 1.29 is 14.2 Å². The lowest BCUT2D eigenvalue weighted by atomic mass is 9.79. The molecule has 1 aromatic rings.